The van der Waals surface area contributed by atoms with Gasteiger partial charge in [-0.1, -0.05) is 17.7 Å². The molecule has 1 aromatic carbocycles. The molecule has 2 aromatic rings. The van der Waals surface area contributed by atoms with Gasteiger partial charge in [-0.15, -0.1) is 0 Å². The summed E-state index contributed by atoms with van der Waals surface area (Å²) in [6.45, 7) is 4.01. The second-order valence-corrected chi connectivity index (χ2v) is 6.09. The molecule has 2 amide bonds. The number of benzene rings is 1. The summed E-state index contributed by atoms with van der Waals surface area (Å²) < 4.78 is 5.62. The normalized spacial score (nSPS) is 17.4. The van der Waals surface area contributed by atoms with E-state index in [1.807, 2.05) is 36.1 Å². The predicted octanol–water partition coefficient (Wildman–Crippen LogP) is 3.11. The van der Waals surface area contributed by atoms with Crippen molar-refractivity contribution in [3.63, 3.8) is 0 Å². The molecule has 0 bridgehead atoms. The number of likely N-dealkylation sites (tertiary alicyclic amines) is 1. The third kappa shape index (κ3) is 4.44. The summed E-state index contributed by atoms with van der Waals surface area (Å²) in [6, 6.07) is 9.91. The lowest BCUT2D eigenvalue weighted by Crippen LogP contribution is -2.43. The van der Waals surface area contributed by atoms with Crippen LogP contribution < -0.4 is 10.1 Å². The van der Waals surface area contributed by atoms with Crippen molar-refractivity contribution in [1.82, 2.24) is 14.9 Å². The van der Waals surface area contributed by atoms with Crippen LogP contribution in [0.5, 0.6) is 6.01 Å². The number of aromatic nitrogens is 2. The number of ether oxygens (including phenoxy) is 1. The quantitative estimate of drug-likeness (QED) is 0.937. The molecule has 0 aliphatic carbocycles. The van der Waals surface area contributed by atoms with E-state index in [9.17, 15) is 4.79 Å². The van der Waals surface area contributed by atoms with Crippen LogP contribution in [0, 0.1) is 12.8 Å². The molecule has 1 aliphatic rings. The summed E-state index contributed by atoms with van der Waals surface area (Å²) >= 11 is 0. The number of nitrogens with one attached hydrogen (secondary N) is 1. The van der Waals surface area contributed by atoms with Gasteiger partial charge in [0.15, 0.2) is 0 Å². The van der Waals surface area contributed by atoms with Crippen LogP contribution in [-0.4, -0.2) is 40.6 Å². The third-order valence-corrected chi connectivity index (χ3v) is 4.10. The molecular weight excluding hydrogens is 304 g/mol. The first-order chi connectivity index (χ1) is 11.7. The molecule has 126 valence electrons. The average Bonchev–Trinajstić information content (AvgIpc) is 2.63. The highest BCUT2D eigenvalue weighted by atomic mass is 16.5. The summed E-state index contributed by atoms with van der Waals surface area (Å²) in [4.78, 5) is 22.4. The predicted molar refractivity (Wildman–Crippen MR) is 92.0 cm³/mol. The molecular formula is C18H22N4O2. The summed E-state index contributed by atoms with van der Waals surface area (Å²) in [6.07, 6.45) is 5.33. The van der Waals surface area contributed by atoms with Crippen LogP contribution in [0.2, 0.25) is 0 Å². The molecule has 1 fully saturated rings. The van der Waals surface area contributed by atoms with Gasteiger partial charge in [0.05, 0.1) is 6.61 Å². The first-order valence-electron chi connectivity index (χ1n) is 8.23. The first-order valence-corrected chi connectivity index (χ1v) is 8.23. The summed E-state index contributed by atoms with van der Waals surface area (Å²) in [5, 5.41) is 2.95. The van der Waals surface area contributed by atoms with E-state index in [-0.39, 0.29) is 6.03 Å². The van der Waals surface area contributed by atoms with Crippen molar-refractivity contribution in [3.8, 4) is 6.01 Å². The minimum atomic E-state index is -0.0560. The number of rotatable bonds is 4. The Morgan fingerprint density at radius 2 is 2.04 bits per heavy atom. The van der Waals surface area contributed by atoms with Crippen LogP contribution in [0.3, 0.4) is 0 Å². The van der Waals surface area contributed by atoms with Gasteiger partial charge >= 0.3 is 12.0 Å². The summed E-state index contributed by atoms with van der Waals surface area (Å²) in [5.74, 6) is 0.298. The van der Waals surface area contributed by atoms with Crippen molar-refractivity contribution in [2.75, 3.05) is 25.0 Å². The highest BCUT2D eigenvalue weighted by Gasteiger charge is 2.24. The molecule has 24 heavy (non-hydrogen) atoms. The van der Waals surface area contributed by atoms with Gasteiger partial charge in [-0.25, -0.2) is 14.8 Å². The van der Waals surface area contributed by atoms with Crippen molar-refractivity contribution < 1.29 is 9.53 Å². The Labute approximate surface area is 141 Å². The summed E-state index contributed by atoms with van der Waals surface area (Å²) in [5.41, 5.74) is 1.99. The number of carbonyl (C=O) groups excluding carboxylic acids is 1. The molecule has 1 saturated heterocycles. The van der Waals surface area contributed by atoms with E-state index < -0.39 is 0 Å². The molecule has 1 N–H and O–H groups in total. The number of hydrogen-bond acceptors (Lipinski definition) is 4. The molecule has 6 heteroatoms. The number of aryl methyl sites for hydroxylation is 1. The van der Waals surface area contributed by atoms with E-state index in [0.29, 0.717) is 25.1 Å². The molecule has 6 nitrogen and oxygen atoms in total. The van der Waals surface area contributed by atoms with Gasteiger partial charge in [0.1, 0.15) is 0 Å². The fourth-order valence-corrected chi connectivity index (χ4v) is 2.78. The lowest BCUT2D eigenvalue weighted by atomic mass is 9.99. The van der Waals surface area contributed by atoms with Crippen LogP contribution in [0.4, 0.5) is 10.5 Å². The van der Waals surface area contributed by atoms with Gasteiger partial charge in [0.25, 0.3) is 0 Å². The standard InChI is InChI=1S/C18H22N4O2/c1-14-5-7-16(8-6-14)21-18(23)22-11-2-4-15(12-22)13-24-17-19-9-3-10-20-17/h3,5-10,15H,2,4,11-13H2,1H3,(H,21,23). The van der Waals surface area contributed by atoms with Crippen LogP contribution >= 0.6 is 0 Å². The Morgan fingerprint density at radius 3 is 2.79 bits per heavy atom. The van der Waals surface area contributed by atoms with Gasteiger partial charge < -0.3 is 15.0 Å². The number of urea groups is 1. The lowest BCUT2D eigenvalue weighted by Gasteiger charge is -2.32. The Balaban J connectivity index is 1.51. The van der Waals surface area contributed by atoms with Crippen molar-refractivity contribution in [3.05, 3.63) is 48.3 Å². The van der Waals surface area contributed by atoms with Gasteiger partial charge in [-0.3, -0.25) is 0 Å². The fraction of sp³-hybridized carbons (Fsp3) is 0.389. The third-order valence-electron chi connectivity index (χ3n) is 4.10. The van der Waals surface area contributed by atoms with E-state index in [0.717, 1.165) is 25.1 Å². The average molecular weight is 326 g/mol. The van der Waals surface area contributed by atoms with Gasteiger partial charge in [-0.05, 0) is 38.0 Å². The smallest absolute Gasteiger partial charge is 0.321 e. The van der Waals surface area contributed by atoms with Crippen molar-refractivity contribution in [2.45, 2.75) is 19.8 Å². The molecule has 3 rings (SSSR count). The van der Waals surface area contributed by atoms with Gasteiger partial charge in [0.2, 0.25) is 0 Å². The largest absolute Gasteiger partial charge is 0.463 e. The van der Waals surface area contributed by atoms with Crippen LogP contribution in [-0.2, 0) is 0 Å². The monoisotopic (exact) mass is 326 g/mol. The number of amides is 2. The number of carbonyl (C=O) groups is 1. The van der Waals surface area contributed by atoms with E-state index in [1.54, 1.807) is 18.5 Å². The molecule has 0 spiro atoms. The van der Waals surface area contributed by atoms with E-state index >= 15 is 0 Å². The molecule has 1 unspecified atom stereocenters. The minimum absolute atomic E-state index is 0.0560. The molecule has 0 saturated carbocycles. The van der Waals surface area contributed by atoms with Crippen molar-refractivity contribution in [1.29, 1.82) is 0 Å². The SMILES string of the molecule is Cc1ccc(NC(=O)N2CCCC(COc3ncccn3)C2)cc1. The fourth-order valence-electron chi connectivity index (χ4n) is 2.78. The second kappa shape index (κ2) is 7.77. The summed E-state index contributed by atoms with van der Waals surface area (Å²) in [7, 11) is 0. The van der Waals surface area contributed by atoms with E-state index in [4.69, 9.17) is 4.74 Å². The van der Waals surface area contributed by atoms with Crippen LogP contribution in [0.15, 0.2) is 42.7 Å². The number of piperidine rings is 1. The number of hydrogen-bond donors (Lipinski definition) is 1. The number of nitrogens with zero attached hydrogens (tertiary/aromatic N) is 3. The Hall–Kier alpha value is -2.63. The van der Waals surface area contributed by atoms with E-state index in [1.165, 1.54) is 5.56 Å². The number of anilines is 1. The molecule has 1 aromatic heterocycles. The van der Waals surface area contributed by atoms with Gasteiger partial charge in [0, 0.05) is 37.1 Å². The van der Waals surface area contributed by atoms with Gasteiger partial charge in [-0.2, -0.15) is 0 Å². The zero-order valence-electron chi connectivity index (χ0n) is 13.8. The second-order valence-electron chi connectivity index (χ2n) is 6.09. The maximum Gasteiger partial charge on any atom is 0.321 e. The van der Waals surface area contributed by atoms with Crippen molar-refractivity contribution in [2.24, 2.45) is 5.92 Å². The lowest BCUT2D eigenvalue weighted by molar-refractivity contribution is 0.140. The Kier molecular flexibility index (Phi) is 5.25. The molecule has 1 aliphatic heterocycles. The van der Waals surface area contributed by atoms with Crippen molar-refractivity contribution >= 4 is 11.7 Å². The maximum atomic E-state index is 12.4. The van der Waals surface area contributed by atoms with Crippen LogP contribution in [0.1, 0.15) is 18.4 Å². The molecule has 1 atom stereocenters. The Morgan fingerprint density at radius 1 is 1.29 bits per heavy atom. The zero-order chi connectivity index (χ0) is 16.8. The minimum Gasteiger partial charge on any atom is -0.463 e. The van der Waals surface area contributed by atoms with E-state index in [2.05, 4.69) is 15.3 Å². The highest BCUT2D eigenvalue weighted by Crippen LogP contribution is 2.19. The zero-order valence-corrected chi connectivity index (χ0v) is 13.8. The highest BCUT2D eigenvalue weighted by molar-refractivity contribution is 5.89. The Bertz CT molecular complexity index is 660. The first kappa shape index (κ1) is 16.2. The molecule has 0 radical (unpaired) electrons. The maximum absolute atomic E-state index is 12.4. The topological polar surface area (TPSA) is 67.4 Å². The molecule has 2 heterocycles. The van der Waals surface area contributed by atoms with Crippen LogP contribution in [0.25, 0.3) is 0 Å².